The van der Waals surface area contributed by atoms with Gasteiger partial charge in [-0.25, -0.2) is 0 Å². The molecule has 2 saturated carbocycles. The molecule has 1 N–H and O–H groups in total. The Balaban J connectivity index is 1.73. The second-order valence-corrected chi connectivity index (χ2v) is 8.91. The molecule has 4 rings (SSSR count). The second kappa shape index (κ2) is 5.14. The van der Waals surface area contributed by atoms with E-state index < -0.39 is 6.10 Å². The molecule has 0 aromatic heterocycles. The van der Waals surface area contributed by atoms with E-state index in [0.29, 0.717) is 24.2 Å². The van der Waals surface area contributed by atoms with Crippen LogP contribution in [0.25, 0.3) is 0 Å². The Hall–Kier alpha value is -1.22. The Morgan fingerprint density at radius 3 is 2.71 bits per heavy atom. The molecule has 0 unspecified atom stereocenters. The first-order valence-electron chi connectivity index (χ1n) is 9.42. The van der Waals surface area contributed by atoms with E-state index in [1.165, 1.54) is 5.57 Å². The Morgan fingerprint density at radius 1 is 1.25 bits per heavy atom. The maximum Gasteiger partial charge on any atom is 0.156 e. The van der Waals surface area contributed by atoms with E-state index >= 15 is 0 Å². The number of Topliss-reactive ketones (excluding diaryl/α,β-unsaturated/α-hetero) is 1. The molecular weight excluding hydrogens is 300 g/mol. The number of aliphatic hydroxyl groups is 1. The maximum absolute atomic E-state index is 12.1. The fourth-order valence-corrected chi connectivity index (χ4v) is 6.63. The third kappa shape index (κ3) is 1.94. The predicted octanol–water partition coefficient (Wildman–Crippen LogP) is 3.61. The summed E-state index contributed by atoms with van der Waals surface area (Å²) < 4.78 is 0. The second-order valence-electron chi connectivity index (χ2n) is 8.91. The number of hydrogen-bond acceptors (Lipinski definition) is 3. The molecule has 3 heteroatoms. The molecule has 0 aliphatic heterocycles. The van der Waals surface area contributed by atoms with E-state index in [2.05, 4.69) is 19.9 Å². The number of carbonyl (C=O) groups is 2. The Bertz CT molecular complexity index is 673. The fraction of sp³-hybridized carbons (Fsp3) is 0.714. The Labute approximate surface area is 144 Å². The van der Waals surface area contributed by atoms with E-state index in [1.807, 2.05) is 6.08 Å². The van der Waals surface area contributed by atoms with Crippen LogP contribution in [0.1, 0.15) is 59.3 Å². The lowest BCUT2D eigenvalue weighted by Crippen LogP contribution is -2.56. The minimum absolute atomic E-state index is 0.0537. The highest BCUT2D eigenvalue weighted by Gasteiger charge is 2.60. The van der Waals surface area contributed by atoms with Gasteiger partial charge in [0.25, 0.3) is 0 Å². The largest absolute Gasteiger partial charge is 0.392 e. The summed E-state index contributed by atoms with van der Waals surface area (Å²) in [6.07, 6.45) is 8.84. The first-order chi connectivity index (χ1) is 11.3. The molecule has 4 aliphatic rings. The van der Waals surface area contributed by atoms with E-state index in [9.17, 15) is 14.7 Å². The van der Waals surface area contributed by atoms with Crippen molar-refractivity contribution in [2.24, 2.45) is 28.6 Å². The van der Waals surface area contributed by atoms with Crippen molar-refractivity contribution in [2.45, 2.75) is 65.4 Å². The predicted molar refractivity (Wildman–Crippen MR) is 92.2 cm³/mol. The molecule has 0 bridgehead atoms. The Kier molecular flexibility index (Phi) is 3.48. The van der Waals surface area contributed by atoms with Crippen LogP contribution in [0.3, 0.4) is 0 Å². The van der Waals surface area contributed by atoms with Gasteiger partial charge in [-0.1, -0.05) is 25.5 Å². The summed E-state index contributed by atoms with van der Waals surface area (Å²) in [5.41, 5.74) is 1.84. The number of allylic oxidation sites excluding steroid dienone is 3. The average molecular weight is 328 g/mol. The fourth-order valence-electron chi connectivity index (χ4n) is 6.63. The number of aliphatic hydroxyl groups excluding tert-OH is 1. The molecule has 0 heterocycles. The summed E-state index contributed by atoms with van der Waals surface area (Å²) in [7, 11) is 0. The van der Waals surface area contributed by atoms with Crippen LogP contribution >= 0.6 is 0 Å². The van der Waals surface area contributed by atoms with Crippen molar-refractivity contribution in [3.63, 3.8) is 0 Å². The van der Waals surface area contributed by atoms with Crippen LogP contribution in [-0.2, 0) is 9.59 Å². The van der Waals surface area contributed by atoms with Crippen LogP contribution in [0.5, 0.6) is 0 Å². The van der Waals surface area contributed by atoms with E-state index in [-0.39, 0.29) is 22.4 Å². The highest BCUT2D eigenvalue weighted by Crippen LogP contribution is 2.65. The lowest BCUT2D eigenvalue weighted by molar-refractivity contribution is -0.127. The van der Waals surface area contributed by atoms with Crippen molar-refractivity contribution in [2.75, 3.05) is 0 Å². The molecule has 4 aliphatic carbocycles. The quantitative estimate of drug-likeness (QED) is 0.800. The minimum atomic E-state index is -0.463. The minimum Gasteiger partial charge on any atom is -0.392 e. The molecule has 0 radical (unpaired) electrons. The molecule has 0 amide bonds. The summed E-state index contributed by atoms with van der Waals surface area (Å²) in [5, 5.41) is 11.1. The summed E-state index contributed by atoms with van der Waals surface area (Å²) in [6, 6.07) is 0. The molecule has 0 spiro atoms. The van der Waals surface area contributed by atoms with Gasteiger partial charge in [-0.2, -0.15) is 0 Å². The van der Waals surface area contributed by atoms with Crippen LogP contribution in [0.2, 0.25) is 0 Å². The monoisotopic (exact) mass is 328 g/mol. The molecule has 0 aromatic carbocycles. The van der Waals surface area contributed by atoms with Crippen LogP contribution in [0, 0.1) is 28.6 Å². The third-order valence-electron chi connectivity index (χ3n) is 8.03. The first-order valence-corrected chi connectivity index (χ1v) is 9.42. The van der Waals surface area contributed by atoms with Crippen molar-refractivity contribution in [1.29, 1.82) is 0 Å². The van der Waals surface area contributed by atoms with E-state index in [4.69, 9.17) is 0 Å². The molecule has 0 saturated heterocycles. The van der Waals surface area contributed by atoms with Gasteiger partial charge in [0, 0.05) is 11.8 Å². The molecule has 3 nitrogen and oxygen atoms in total. The lowest BCUT2D eigenvalue weighted by Gasteiger charge is -2.59. The van der Waals surface area contributed by atoms with Crippen molar-refractivity contribution in [1.82, 2.24) is 0 Å². The van der Waals surface area contributed by atoms with E-state index in [0.717, 1.165) is 37.7 Å². The summed E-state index contributed by atoms with van der Waals surface area (Å²) in [6.45, 7) is 6.05. The van der Waals surface area contributed by atoms with Gasteiger partial charge < -0.3 is 5.11 Å². The molecule has 6 atom stereocenters. The van der Waals surface area contributed by atoms with Gasteiger partial charge in [-0.05, 0) is 73.8 Å². The van der Waals surface area contributed by atoms with Gasteiger partial charge in [0.1, 0.15) is 0 Å². The summed E-state index contributed by atoms with van der Waals surface area (Å²) in [4.78, 5) is 24.0. The van der Waals surface area contributed by atoms with Crippen molar-refractivity contribution in [3.8, 4) is 0 Å². The normalized spacial score (nSPS) is 47.2. The smallest absolute Gasteiger partial charge is 0.156 e. The van der Waals surface area contributed by atoms with Crippen LogP contribution < -0.4 is 0 Å². The number of ketones is 2. The molecule has 2 fully saturated rings. The number of rotatable bonds is 1. The van der Waals surface area contributed by atoms with Crippen LogP contribution in [-0.4, -0.2) is 22.8 Å². The molecule has 0 aromatic rings. The standard InChI is InChI=1S/C21H28O3/c1-12(22)16-6-7-17-15-5-4-13-10-14(23)8-9-20(13,2)18(15)11-19(24)21(16,17)3/h6,10,15,17-19,24H,4-5,7-9,11H2,1-3H3/t15-,17-,18+,19+,20-,21+/m0/s1. The van der Waals surface area contributed by atoms with Crippen LogP contribution in [0.15, 0.2) is 23.3 Å². The lowest BCUT2D eigenvalue weighted by atomic mass is 9.46. The van der Waals surface area contributed by atoms with Gasteiger partial charge in [0.05, 0.1) is 6.10 Å². The first kappa shape index (κ1) is 16.3. The van der Waals surface area contributed by atoms with Crippen molar-refractivity contribution >= 4 is 11.6 Å². The summed E-state index contributed by atoms with van der Waals surface area (Å²) >= 11 is 0. The zero-order valence-electron chi connectivity index (χ0n) is 15.0. The number of fused-ring (bicyclic) bond motifs is 5. The zero-order chi connectivity index (χ0) is 17.3. The topological polar surface area (TPSA) is 54.4 Å². The summed E-state index contributed by atoms with van der Waals surface area (Å²) in [5.74, 6) is 1.72. The maximum atomic E-state index is 12.1. The van der Waals surface area contributed by atoms with Gasteiger partial charge >= 0.3 is 0 Å². The number of hydrogen-bond donors (Lipinski definition) is 1. The van der Waals surface area contributed by atoms with E-state index in [1.54, 1.807) is 6.92 Å². The SMILES string of the molecule is CC(=O)C1=CC[C@H]2[C@@H]3CCC4=CC(=O)CC[C@]4(C)[C@@H]3C[C@@H](O)[C@]12C. The van der Waals surface area contributed by atoms with Crippen molar-refractivity contribution in [3.05, 3.63) is 23.3 Å². The van der Waals surface area contributed by atoms with Gasteiger partial charge in [0.15, 0.2) is 11.6 Å². The van der Waals surface area contributed by atoms with Gasteiger partial charge in [0.2, 0.25) is 0 Å². The third-order valence-corrected chi connectivity index (χ3v) is 8.03. The molecular formula is C21H28O3. The zero-order valence-corrected chi connectivity index (χ0v) is 15.0. The van der Waals surface area contributed by atoms with Gasteiger partial charge in [-0.3, -0.25) is 9.59 Å². The average Bonchev–Trinajstić information content (AvgIpc) is 2.88. The van der Waals surface area contributed by atoms with Crippen molar-refractivity contribution < 1.29 is 14.7 Å². The molecule has 130 valence electrons. The molecule has 24 heavy (non-hydrogen) atoms. The highest BCUT2D eigenvalue weighted by molar-refractivity contribution is 5.95. The van der Waals surface area contributed by atoms with Crippen LogP contribution in [0.4, 0.5) is 0 Å². The number of carbonyl (C=O) groups excluding carboxylic acids is 2. The van der Waals surface area contributed by atoms with Gasteiger partial charge in [-0.15, -0.1) is 0 Å². The Morgan fingerprint density at radius 2 is 2.00 bits per heavy atom. The highest BCUT2D eigenvalue weighted by atomic mass is 16.3.